The Labute approximate surface area is 70.6 Å². The summed E-state index contributed by atoms with van der Waals surface area (Å²) in [5.74, 6) is -0.490. The Bertz CT molecular complexity index is 205. The SMILES string of the molecule is CON(C)C(=O)C1CNC(=O)C1. The highest BCUT2D eigenvalue weighted by atomic mass is 16.7. The highest BCUT2D eigenvalue weighted by Crippen LogP contribution is 2.11. The Hall–Kier alpha value is -1.10. The number of hydroxylamine groups is 2. The monoisotopic (exact) mass is 172 g/mol. The Morgan fingerprint density at radius 3 is 2.83 bits per heavy atom. The third kappa shape index (κ3) is 1.73. The van der Waals surface area contributed by atoms with E-state index in [1.54, 1.807) is 0 Å². The van der Waals surface area contributed by atoms with Crippen LogP contribution in [0.25, 0.3) is 0 Å². The fourth-order valence-corrected chi connectivity index (χ4v) is 1.13. The highest BCUT2D eigenvalue weighted by molar-refractivity contribution is 5.88. The van der Waals surface area contributed by atoms with Gasteiger partial charge in [-0.25, -0.2) is 5.06 Å². The van der Waals surface area contributed by atoms with Gasteiger partial charge in [0.1, 0.15) is 0 Å². The van der Waals surface area contributed by atoms with Crippen molar-refractivity contribution in [1.82, 2.24) is 10.4 Å². The number of rotatable bonds is 2. The van der Waals surface area contributed by atoms with Gasteiger partial charge in [0.25, 0.3) is 5.91 Å². The second-order valence-electron chi connectivity index (χ2n) is 2.72. The first-order valence-corrected chi connectivity index (χ1v) is 3.73. The highest BCUT2D eigenvalue weighted by Gasteiger charge is 2.30. The lowest BCUT2D eigenvalue weighted by molar-refractivity contribution is -0.172. The summed E-state index contributed by atoms with van der Waals surface area (Å²) in [4.78, 5) is 26.8. The molecule has 0 aromatic rings. The molecule has 5 nitrogen and oxygen atoms in total. The lowest BCUT2D eigenvalue weighted by atomic mass is 10.1. The number of carbonyl (C=O) groups excluding carboxylic acids is 2. The minimum absolute atomic E-state index is 0.0714. The molecule has 0 aromatic carbocycles. The average molecular weight is 172 g/mol. The van der Waals surface area contributed by atoms with E-state index >= 15 is 0 Å². The van der Waals surface area contributed by atoms with Crippen LogP contribution in [0.5, 0.6) is 0 Å². The van der Waals surface area contributed by atoms with E-state index in [9.17, 15) is 9.59 Å². The van der Waals surface area contributed by atoms with E-state index in [2.05, 4.69) is 5.32 Å². The number of nitrogens with one attached hydrogen (secondary N) is 1. The largest absolute Gasteiger partial charge is 0.355 e. The van der Waals surface area contributed by atoms with Gasteiger partial charge in [-0.3, -0.25) is 14.4 Å². The summed E-state index contributed by atoms with van der Waals surface area (Å²) < 4.78 is 0. The molecule has 2 amide bonds. The molecule has 0 aromatic heterocycles. The van der Waals surface area contributed by atoms with Crippen LogP contribution in [0.1, 0.15) is 6.42 Å². The molecule has 1 unspecified atom stereocenters. The zero-order chi connectivity index (χ0) is 9.14. The van der Waals surface area contributed by atoms with Gasteiger partial charge in [-0.05, 0) is 0 Å². The first-order valence-electron chi connectivity index (χ1n) is 3.73. The summed E-state index contributed by atoms with van der Waals surface area (Å²) in [5, 5.41) is 3.73. The summed E-state index contributed by atoms with van der Waals surface area (Å²) in [5.41, 5.74) is 0. The van der Waals surface area contributed by atoms with Crippen molar-refractivity contribution in [3.05, 3.63) is 0 Å². The van der Waals surface area contributed by atoms with Crippen molar-refractivity contribution in [2.45, 2.75) is 6.42 Å². The van der Waals surface area contributed by atoms with Crippen molar-refractivity contribution in [1.29, 1.82) is 0 Å². The van der Waals surface area contributed by atoms with E-state index in [-0.39, 0.29) is 24.2 Å². The molecule has 1 rings (SSSR count). The number of nitrogens with zero attached hydrogens (tertiary/aromatic N) is 1. The van der Waals surface area contributed by atoms with Crippen molar-refractivity contribution in [2.24, 2.45) is 5.92 Å². The van der Waals surface area contributed by atoms with Crippen LogP contribution in [0, 0.1) is 5.92 Å². The third-order valence-corrected chi connectivity index (χ3v) is 1.91. The van der Waals surface area contributed by atoms with Crippen molar-refractivity contribution in [3.63, 3.8) is 0 Å². The van der Waals surface area contributed by atoms with Crippen LogP contribution in [0.3, 0.4) is 0 Å². The van der Waals surface area contributed by atoms with Crippen molar-refractivity contribution >= 4 is 11.8 Å². The molecule has 1 heterocycles. The number of carbonyl (C=O) groups is 2. The number of hydrogen-bond donors (Lipinski definition) is 1. The molecule has 1 N–H and O–H groups in total. The van der Waals surface area contributed by atoms with Crippen LogP contribution < -0.4 is 5.32 Å². The van der Waals surface area contributed by atoms with Crippen LogP contribution in [-0.2, 0) is 14.4 Å². The van der Waals surface area contributed by atoms with Gasteiger partial charge in [0, 0.05) is 20.0 Å². The molecule has 1 aliphatic heterocycles. The predicted molar refractivity (Wildman–Crippen MR) is 40.9 cm³/mol. The second-order valence-corrected chi connectivity index (χ2v) is 2.72. The smallest absolute Gasteiger partial charge is 0.251 e. The molecule has 1 saturated heterocycles. The van der Waals surface area contributed by atoms with Gasteiger partial charge in [0.05, 0.1) is 13.0 Å². The maximum absolute atomic E-state index is 11.3. The van der Waals surface area contributed by atoms with Crippen LogP contribution in [0.2, 0.25) is 0 Å². The second kappa shape index (κ2) is 3.53. The zero-order valence-electron chi connectivity index (χ0n) is 7.16. The van der Waals surface area contributed by atoms with Gasteiger partial charge in [-0.1, -0.05) is 0 Å². The normalized spacial score (nSPS) is 22.2. The Morgan fingerprint density at radius 2 is 2.42 bits per heavy atom. The average Bonchev–Trinajstić information content (AvgIpc) is 2.49. The molecule has 12 heavy (non-hydrogen) atoms. The minimum Gasteiger partial charge on any atom is -0.355 e. The van der Waals surface area contributed by atoms with Crippen molar-refractivity contribution in [2.75, 3.05) is 20.7 Å². The molecule has 0 saturated carbocycles. The molecular formula is C7H12N2O3. The lowest BCUT2D eigenvalue weighted by Gasteiger charge is -2.16. The van der Waals surface area contributed by atoms with Crippen LogP contribution in [-0.4, -0.2) is 37.6 Å². The molecule has 68 valence electrons. The van der Waals surface area contributed by atoms with Crippen LogP contribution in [0.4, 0.5) is 0 Å². The molecule has 0 bridgehead atoms. The van der Waals surface area contributed by atoms with E-state index in [0.29, 0.717) is 6.54 Å². The van der Waals surface area contributed by atoms with E-state index in [1.807, 2.05) is 0 Å². The lowest BCUT2D eigenvalue weighted by Crippen LogP contribution is -2.33. The molecule has 5 heteroatoms. The summed E-state index contributed by atoms with van der Waals surface area (Å²) in [7, 11) is 2.95. The van der Waals surface area contributed by atoms with Gasteiger partial charge in [0.2, 0.25) is 5.91 Å². The van der Waals surface area contributed by atoms with Gasteiger partial charge < -0.3 is 5.32 Å². The van der Waals surface area contributed by atoms with Crippen molar-refractivity contribution < 1.29 is 14.4 Å². The van der Waals surface area contributed by atoms with E-state index in [0.717, 1.165) is 5.06 Å². The van der Waals surface area contributed by atoms with E-state index in [4.69, 9.17) is 4.84 Å². The van der Waals surface area contributed by atoms with Crippen LogP contribution >= 0.6 is 0 Å². The summed E-state index contributed by atoms with van der Waals surface area (Å²) >= 11 is 0. The molecular weight excluding hydrogens is 160 g/mol. The number of amides is 2. The molecule has 0 spiro atoms. The first kappa shape index (κ1) is 8.99. The van der Waals surface area contributed by atoms with Gasteiger partial charge >= 0.3 is 0 Å². The fraction of sp³-hybridized carbons (Fsp3) is 0.714. The Kier molecular flexibility index (Phi) is 2.65. The maximum Gasteiger partial charge on any atom is 0.251 e. The number of hydrogen-bond acceptors (Lipinski definition) is 3. The standard InChI is InChI=1S/C7H12N2O3/c1-9(12-2)7(11)5-3-6(10)8-4-5/h5H,3-4H2,1-2H3,(H,8,10). The molecule has 1 aliphatic rings. The van der Waals surface area contributed by atoms with Crippen molar-refractivity contribution in [3.8, 4) is 0 Å². The molecule has 0 aliphatic carbocycles. The first-order chi connectivity index (χ1) is 5.65. The zero-order valence-corrected chi connectivity index (χ0v) is 7.16. The molecule has 1 fully saturated rings. The van der Waals surface area contributed by atoms with Gasteiger partial charge in [-0.2, -0.15) is 0 Å². The topological polar surface area (TPSA) is 58.6 Å². The van der Waals surface area contributed by atoms with E-state index in [1.165, 1.54) is 14.2 Å². The minimum atomic E-state index is -0.262. The fourth-order valence-electron chi connectivity index (χ4n) is 1.13. The van der Waals surface area contributed by atoms with Gasteiger partial charge in [0.15, 0.2) is 0 Å². The molecule has 0 radical (unpaired) electrons. The van der Waals surface area contributed by atoms with Gasteiger partial charge in [-0.15, -0.1) is 0 Å². The Morgan fingerprint density at radius 1 is 1.75 bits per heavy atom. The third-order valence-electron chi connectivity index (χ3n) is 1.91. The predicted octanol–water partition coefficient (Wildman–Crippen LogP) is -0.858. The van der Waals surface area contributed by atoms with E-state index < -0.39 is 0 Å². The maximum atomic E-state index is 11.3. The summed E-state index contributed by atoms with van der Waals surface area (Å²) in [6.07, 6.45) is 0.270. The van der Waals surface area contributed by atoms with Crippen LogP contribution in [0.15, 0.2) is 0 Å². The summed E-state index contributed by atoms with van der Waals surface area (Å²) in [6, 6.07) is 0. The molecule has 1 atom stereocenters. The summed E-state index contributed by atoms with van der Waals surface area (Å²) in [6.45, 7) is 0.422. The quantitative estimate of drug-likeness (QED) is 0.551. The Balaban J connectivity index is 2.48.